The number of hydrogen-bond donors (Lipinski definition) is 0. The van der Waals surface area contributed by atoms with Crippen molar-refractivity contribution in [1.82, 2.24) is 0 Å². The Morgan fingerprint density at radius 1 is 1.06 bits per heavy atom. The number of unbranched alkanes of at least 4 members (excludes halogenated alkanes) is 6. The third kappa shape index (κ3) is 8.15. The highest BCUT2D eigenvalue weighted by atomic mass is 32.2. The van der Waals surface area contributed by atoms with Crippen LogP contribution in [0.2, 0.25) is 0 Å². The van der Waals surface area contributed by atoms with E-state index in [-0.39, 0.29) is 11.5 Å². The third-order valence-electron chi connectivity index (χ3n) is 5.03. The van der Waals surface area contributed by atoms with E-state index in [4.69, 9.17) is 4.74 Å². The minimum Gasteiger partial charge on any atom is -0.466 e. The third-order valence-corrected chi connectivity index (χ3v) is 7.06. The van der Waals surface area contributed by atoms with Gasteiger partial charge in [0.05, 0.1) is 6.61 Å². The molecule has 0 radical (unpaired) electrons. The fourth-order valence-corrected chi connectivity index (χ4v) is 5.43. The van der Waals surface area contributed by atoms with Crippen LogP contribution in [0.1, 0.15) is 69.4 Å². The highest BCUT2D eigenvalue weighted by Gasteiger charge is 2.36. The van der Waals surface area contributed by atoms with Gasteiger partial charge < -0.3 is 4.74 Å². The van der Waals surface area contributed by atoms with Gasteiger partial charge in [0, 0.05) is 16.0 Å². The molecule has 0 saturated heterocycles. The van der Waals surface area contributed by atoms with E-state index in [1.165, 1.54) is 6.92 Å². The minimum absolute atomic E-state index is 0.00586. The molecule has 1 aromatic carbocycles. The van der Waals surface area contributed by atoms with Crippen molar-refractivity contribution in [3.63, 3.8) is 0 Å². The van der Waals surface area contributed by atoms with Crippen LogP contribution >= 0.6 is 23.1 Å². The molecule has 172 valence electrons. The van der Waals surface area contributed by atoms with Gasteiger partial charge >= 0.3 is 12.1 Å². The van der Waals surface area contributed by atoms with Crippen molar-refractivity contribution >= 4 is 39.2 Å². The normalized spacial score (nSPS) is 11.8. The number of carbonyl (C=O) groups is 1. The molecule has 0 spiro atoms. The Balaban J connectivity index is 1.71. The zero-order valence-electron chi connectivity index (χ0n) is 18.0. The van der Waals surface area contributed by atoms with E-state index < -0.39 is 16.5 Å². The van der Waals surface area contributed by atoms with Gasteiger partial charge in [-0.05, 0) is 48.6 Å². The number of thioether (sulfide) groups is 1. The predicted octanol–water partition coefficient (Wildman–Crippen LogP) is 7.36. The lowest BCUT2D eigenvalue weighted by atomic mass is 10.1. The molecule has 2 rings (SSSR count). The molecule has 0 saturated carbocycles. The van der Waals surface area contributed by atoms with E-state index in [1.807, 2.05) is 12.1 Å². The summed E-state index contributed by atoms with van der Waals surface area (Å²) in [4.78, 5) is 24.0. The highest BCUT2D eigenvalue weighted by molar-refractivity contribution is 7.99. The molecule has 0 amide bonds. The summed E-state index contributed by atoms with van der Waals surface area (Å²) in [6.45, 7) is 3.67. The number of benzene rings is 1. The molecule has 2 aromatic rings. The molecule has 0 aliphatic carbocycles. The largest absolute Gasteiger partial charge is 0.466 e. The molecule has 0 aliphatic rings. The number of hydrogen-bond acceptors (Lipinski definition) is 5. The zero-order chi connectivity index (χ0) is 22.9. The van der Waals surface area contributed by atoms with Crippen LogP contribution < -0.4 is 4.74 Å². The lowest BCUT2D eigenvalue weighted by Gasteiger charge is -2.11. The Bertz CT molecular complexity index is 923. The summed E-state index contributed by atoms with van der Waals surface area (Å²) in [6, 6.07) is 5.35. The summed E-state index contributed by atoms with van der Waals surface area (Å²) >= 11 is 2.34. The van der Waals surface area contributed by atoms with E-state index in [9.17, 15) is 22.8 Å². The first-order valence-corrected chi connectivity index (χ1v) is 12.5. The second-order valence-electron chi connectivity index (χ2n) is 7.44. The van der Waals surface area contributed by atoms with E-state index in [0.29, 0.717) is 34.5 Å². The molecule has 8 heteroatoms. The van der Waals surface area contributed by atoms with Gasteiger partial charge in [-0.25, -0.2) is 0 Å². The van der Waals surface area contributed by atoms with Gasteiger partial charge in [-0.2, -0.15) is 13.2 Å². The van der Waals surface area contributed by atoms with Crippen LogP contribution in [-0.4, -0.2) is 18.3 Å². The summed E-state index contributed by atoms with van der Waals surface area (Å²) in [5.74, 6) is 0.798. The van der Waals surface area contributed by atoms with Gasteiger partial charge in [-0.1, -0.05) is 56.4 Å². The highest BCUT2D eigenvalue weighted by Crippen LogP contribution is 2.35. The molecule has 1 heterocycles. The Morgan fingerprint density at radius 3 is 2.35 bits per heavy atom. The number of fused-ring (bicyclic) bond motifs is 1. The molecular weight excluding hydrogens is 445 g/mol. The van der Waals surface area contributed by atoms with Crippen LogP contribution in [0.3, 0.4) is 0 Å². The van der Waals surface area contributed by atoms with Crippen molar-refractivity contribution in [2.45, 2.75) is 76.3 Å². The number of halogens is 3. The van der Waals surface area contributed by atoms with Gasteiger partial charge in [-0.15, -0.1) is 11.8 Å². The number of aryl methyl sites for hydroxylation is 1. The molecule has 31 heavy (non-hydrogen) atoms. The van der Waals surface area contributed by atoms with Crippen molar-refractivity contribution in [3.8, 4) is 0 Å². The van der Waals surface area contributed by atoms with E-state index in [2.05, 4.69) is 0 Å². The van der Waals surface area contributed by atoms with Crippen molar-refractivity contribution < 1.29 is 22.7 Å². The van der Waals surface area contributed by atoms with E-state index in [1.54, 1.807) is 24.8 Å². The summed E-state index contributed by atoms with van der Waals surface area (Å²) in [5, 5.41) is 0.491. The summed E-state index contributed by atoms with van der Waals surface area (Å²) in [5.41, 5.74) is -1.04. The van der Waals surface area contributed by atoms with Crippen molar-refractivity contribution in [2.24, 2.45) is 0 Å². The van der Waals surface area contributed by atoms with Gasteiger partial charge in [0.2, 0.25) is 4.74 Å². The van der Waals surface area contributed by atoms with Crippen LogP contribution in [0.4, 0.5) is 13.2 Å². The maximum absolute atomic E-state index is 13.1. The topological polar surface area (TPSA) is 43.4 Å². The van der Waals surface area contributed by atoms with Gasteiger partial charge in [0.15, 0.2) is 0 Å². The molecule has 1 aromatic heterocycles. The predicted molar refractivity (Wildman–Crippen MR) is 122 cm³/mol. The van der Waals surface area contributed by atoms with Crippen LogP contribution in [0, 0.1) is 6.92 Å². The van der Waals surface area contributed by atoms with Gasteiger partial charge in [-0.3, -0.25) is 9.59 Å². The van der Waals surface area contributed by atoms with Crippen molar-refractivity contribution in [1.29, 1.82) is 0 Å². The Hall–Kier alpha value is -1.54. The van der Waals surface area contributed by atoms with Crippen LogP contribution in [0.15, 0.2) is 27.9 Å². The van der Waals surface area contributed by atoms with Gasteiger partial charge in [0.25, 0.3) is 0 Å². The fraction of sp³-hybridized carbons (Fsp3) is 0.565. The molecule has 3 nitrogen and oxygen atoms in total. The van der Waals surface area contributed by atoms with Crippen molar-refractivity contribution in [2.75, 3.05) is 12.4 Å². The first-order valence-electron chi connectivity index (χ1n) is 10.7. The Kier molecular flexibility index (Phi) is 10.4. The zero-order valence-corrected chi connectivity index (χ0v) is 19.6. The monoisotopic (exact) mass is 474 g/mol. The summed E-state index contributed by atoms with van der Waals surface area (Å²) < 4.78 is 44.1. The van der Waals surface area contributed by atoms with Crippen LogP contribution in [-0.2, 0) is 15.7 Å². The average Bonchev–Trinajstić information content (AvgIpc) is 2.70. The number of esters is 1. The molecule has 0 N–H and O–H groups in total. The molecule has 0 atom stereocenters. The van der Waals surface area contributed by atoms with Gasteiger partial charge in [0.1, 0.15) is 5.56 Å². The van der Waals surface area contributed by atoms with Crippen molar-refractivity contribution in [3.05, 3.63) is 38.9 Å². The van der Waals surface area contributed by atoms with Crippen LogP contribution in [0.25, 0.3) is 10.1 Å². The number of alkyl halides is 3. The molecule has 0 bridgehead atoms. The maximum atomic E-state index is 13.1. The summed E-state index contributed by atoms with van der Waals surface area (Å²) in [7, 11) is 0. The molecular formula is C23H29F3O3S2. The first kappa shape index (κ1) is 25.7. The lowest BCUT2D eigenvalue weighted by molar-refractivity contribution is -0.143. The minimum atomic E-state index is -4.62. The second kappa shape index (κ2) is 12.5. The first-order chi connectivity index (χ1) is 14.7. The molecule has 0 fully saturated rings. The van der Waals surface area contributed by atoms with E-state index >= 15 is 0 Å². The standard InChI is InChI=1S/C23H29F3O3S2/c1-3-20(27)29-13-9-7-5-4-6-8-10-14-30-17-11-12-18-16(2)21(23(24,25)26)22(28)31-19(18)15-17/h11-12,15H,3-10,13-14H2,1-2H3. The molecule has 0 unspecified atom stereocenters. The smallest absolute Gasteiger partial charge is 0.421 e. The second-order valence-corrected chi connectivity index (χ2v) is 9.63. The van der Waals surface area contributed by atoms with E-state index in [0.717, 1.165) is 55.6 Å². The number of rotatable bonds is 12. The lowest BCUT2D eigenvalue weighted by Crippen LogP contribution is -2.18. The average molecular weight is 475 g/mol. The quantitative estimate of drug-likeness (QED) is 0.183. The van der Waals surface area contributed by atoms with Crippen LogP contribution in [0.5, 0.6) is 0 Å². The maximum Gasteiger partial charge on any atom is 0.421 e. The SMILES string of the molecule is CCC(=O)OCCCCCCCCCSc1ccc2c(C)c(C(F)(F)F)c(=O)sc2c1. The molecule has 0 aliphatic heterocycles. The Morgan fingerprint density at radius 2 is 1.71 bits per heavy atom. The summed E-state index contributed by atoms with van der Waals surface area (Å²) in [6.07, 6.45) is 3.45. The Labute approximate surface area is 189 Å². The number of ether oxygens (including phenoxy) is 1. The number of carbonyl (C=O) groups excluding carboxylic acids is 1. The fourth-order valence-electron chi connectivity index (χ4n) is 3.32.